The molecule has 1 N–H and O–H groups in total. The molecule has 3 rings (SSSR count). The molecule has 25 heavy (non-hydrogen) atoms. The highest BCUT2D eigenvalue weighted by atomic mass is 19.1. The van der Waals surface area contributed by atoms with Crippen LogP contribution in [0.15, 0.2) is 54.6 Å². The van der Waals surface area contributed by atoms with Gasteiger partial charge in [-0.1, -0.05) is 48.5 Å². The van der Waals surface area contributed by atoms with Gasteiger partial charge in [0.2, 0.25) is 0 Å². The van der Waals surface area contributed by atoms with Crippen molar-refractivity contribution >= 4 is 0 Å². The van der Waals surface area contributed by atoms with Gasteiger partial charge >= 0.3 is 0 Å². The fraction of sp³-hybridized carbons (Fsp3) is 0.400. The van der Waals surface area contributed by atoms with Gasteiger partial charge in [-0.05, 0) is 18.1 Å². The zero-order valence-corrected chi connectivity index (χ0v) is 14.2. The zero-order chi connectivity index (χ0) is 17.3. The van der Waals surface area contributed by atoms with E-state index in [9.17, 15) is 4.39 Å². The van der Waals surface area contributed by atoms with E-state index < -0.39 is 0 Å². The lowest BCUT2D eigenvalue weighted by Crippen LogP contribution is -2.23. The minimum Gasteiger partial charge on any atom is -0.376 e. The minimum absolute atomic E-state index is 0.0233. The Hall–Kier alpha value is -1.79. The van der Waals surface area contributed by atoms with Crippen molar-refractivity contribution in [1.29, 1.82) is 0 Å². The van der Waals surface area contributed by atoms with Crippen LogP contribution < -0.4 is 5.48 Å². The Kier molecular flexibility index (Phi) is 6.94. The number of hydrogen-bond donors (Lipinski definition) is 1. The van der Waals surface area contributed by atoms with Gasteiger partial charge in [-0.3, -0.25) is 0 Å². The lowest BCUT2D eigenvalue weighted by molar-refractivity contribution is -0.0356. The van der Waals surface area contributed by atoms with Crippen molar-refractivity contribution in [1.82, 2.24) is 5.48 Å². The first-order valence-corrected chi connectivity index (χ1v) is 8.68. The van der Waals surface area contributed by atoms with Crippen LogP contribution in [-0.4, -0.2) is 25.9 Å². The van der Waals surface area contributed by atoms with E-state index in [1.165, 1.54) is 6.07 Å². The van der Waals surface area contributed by atoms with Crippen LogP contribution in [0.3, 0.4) is 0 Å². The maximum absolute atomic E-state index is 14.0. The van der Waals surface area contributed by atoms with Crippen molar-refractivity contribution < 1.29 is 18.7 Å². The molecule has 2 aromatic rings. The second-order valence-electron chi connectivity index (χ2n) is 6.11. The summed E-state index contributed by atoms with van der Waals surface area (Å²) in [5, 5.41) is 0. The Morgan fingerprint density at radius 2 is 1.80 bits per heavy atom. The Labute approximate surface area is 147 Å². The molecule has 1 saturated heterocycles. The average Bonchev–Trinajstić information content (AvgIpc) is 2.75. The molecule has 4 nitrogen and oxygen atoms in total. The van der Waals surface area contributed by atoms with E-state index in [-0.39, 0.29) is 18.0 Å². The summed E-state index contributed by atoms with van der Waals surface area (Å²) in [7, 11) is 0. The topological polar surface area (TPSA) is 39.7 Å². The van der Waals surface area contributed by atoms with Gasteiger partial charge in [0.05, 0.1) is 32.0 Å². The first kappa shape index (κ1) is 18.0. The highest BCUT2D eigenvalue weighted by Gasteiger charge is 2.19. The Balaban J connectivity index is 1.47. The van der Waals surface area contributed by atoms with Crippen LogP contribution in [0.1, 0.15) is 30.0 Å². The quantitative estimate of drug-likeness (QED) is 0.895. The molecule has 0 unspecified atom stereocenters. The third-order valence-corrected chi connectivity index (χ3v) is 4.22. The monoisotopic (exact) mass is 345 g/mol. The van der Waals surface area contributed by atoms with E-state index in [1.54, 1.807) is 12.1 Å². The predicted molar refractivity (Wildman–Crippen MR) is 93.3 cm³/mol. The largest absolute Gasteiger partial charge is 0.376 e. The van der Waals surface area contributed by atoms with E-state index in [4.69, 9.17) is 14.3 Å². The number of benzene rings is 2. The molecular weight excluding hydrogens is 321 g/mol. The molecule has 0 saturated carbocycles. The molecule has 2 atom stereocenters. The summed E-state index contributed by atoms with van der Waals surface area (Å²) >= 11 is 0. The van der Waals surface area contributed by atoms with Crippen LogP contribution in [-0.2, 0) is 20.9 Å². The Morgan fingerprint density at radius 3 is 2.64 bits per heavy atom. The third-order valence-electron chi connectivity index (χ3n) is 4.22. The number of halogens is 1. The maximum Gasteiger partial charge on any atom is 0.128 e. The zero-order valence-electron chi connectivity index (χ0n) is 14.2. The van der Waals surface area contributed by atoms with Crippen molar-refractivity contribution in [2.24, 2.45) is 0 Å². The van der Waals surface area contributed by atoms with Crippen molar-refractivity contribution in [3.8, 4) is 0 Å². The fourth-order valence-corrected chi connectivity index (χ4v) is 2.84. The van der Waals surface area contributed by atoms with Crippen LogP contribution in [0.4, 0.5) is 4.39 Å². The van der Waals surface area contributed by atoms with E-state index in [2.05, 4.69) is 5.48 Å². The maximum atomic E-state index is 14.0. The summed E-state index contributed by atoms with van der Waals surface area (Å²) in [5.41, 5.74) is 4.70. The molecule has 1 aliphatic rings. The molecule has 0 spiro atoms. The smallest absolute Gasteiger partial charge is 0.128 e. The molecule has 2 aromatic carbocycles. The van der Waals surface area contributed by atoms with Gasteiger partial charge in [-0.2, -0.15) is 5.48 Å². The fourth-order valence-electron chi connectivity index (χ4n) is 2.84. The molecule has 0 aromatic heterocycles. The first-order valence-electron chi connectivity index (χ1n) is 8.68. The molecular formula is C20H24FNO3. The molecule has 1 heterocycles. The third kappa shape index (κ3) is 5.61. The average molecular weight is 345 g/mol. The number of rotatable bonds is 5. The Bertz CT molecular complexity index is 638. The van der Waals surface area contributed by atoms with Crippen molar-refractivity contribution in [2.45, 2.75) is 31.6 Å². The van der Waals surface area contributed by atoms with Crippen molar-refractivity contribution in [3.05, 3.63) is 71.5 Å². The van der Waals surface area contributed by atoms with Gasteiger partial charge in [0.15, 0.2) is 0 Å². The normalized spacial score (nSPS) is 22.0. The molecule has 5 heteroatoms. The lowest BCUT2D eigenvalue weighted by atomic mass is 10.0. The van der Waals surface area contributed by atoms with E-state index in [0.717, 1.165) is 12.0 Å². The van der Waals surface area contributed by atoms with Gasteiger partial charge < -0.3 is 14.3 Å². The minimum atomic E-state index is -0.231. The molecule has 0 bridgehead atoms. The van der Waals surface area contributed by atoms with Crippen molar-refractivity contribution in [2.75, 3.05) is 19.8 Å². The Morgan fingerprint density at radius 1 is 1.00 bits per heavy atom. The van der Waals surface area contributed by atoms with Crippen molar-refractivity contribution in [3.63, 3.8) is 0 Å². The van der Waals surface area contributed by atoms with Gasteiger partial charge in [-0.15, -0.1) is 0 Å². The van der Waals surface area contributed by atoms with Gasteiger partial charge in [0.1, 0.15) is 5.82 Å². The molecule has 1 aliphatic heterocycles. The summed E-state index contributed by atoms with van der Waals surface area (Å²) < 4.78 is 25.6. The summed E-state index contributed by atoms with van der Waals surface area (Å²) in [6.45, 7) is 2.10. The summed E-state index contributed by atoms with van der Waals surface area (Å²) in [6.07, 6.45) is 1.34. The SMILES string of the molecule is Fc1ccccc1[C@H]1CCO[C@H](COCc2ccccc2)CCON1. The summed E-state index contributed by atoms with van der Waals surface area (Å²) in [5.74, 6) is -0.231. The van der Waals surface area contributed by atoms with Crippen LogP contribution >= 0.6 is 0 Å². The number of hydrogen-bond acceptors (Lipinski definition) is 4. The molecule has 134 valence electrons. The van der Waals surface area contributed by atoms with E-state index in [1.807, 2.05) is 36.4 Å². The second-order valence-corrected chi connectivity index (χ2v) is 6.11. The van der Waals surface area contributed by atoms with Crippen LogP contribution in [0.25, 0.3) is 0 Å². The molecule has 1 fully saturated rings. The molecule has 0 radical (unpaired) electrons. The van der Waals surface area contributed by atoms with Crippen LogP contribution in [0.2, 0.25) is 0 Å². The van der Waals surface area contributed by atoms with Gasteiger partial charge in [-0.25, -0.2) is 4.39 Å². The van der Waals surface area contributed by atoms with E-state index >= 15 is 0 Å². The summed E-state index contributed by atoms with van der Waals surface area (Å²) in [6, 6.07) is 16.6. The lowest BCUT2D eigenvalue weighted by Gasteiger charge is -2.18. The number of nitrogens with one attached hydrogen (secondary N) is 1. The summed E-state index contributed by atoms with van der Waals surface area (Å²) in [4.78, 5) is 5.52. The predicted octanol–water partition coefficient (Wildman–Crippen LogP) is 3.78. The van der Waals surface area contributed by atoms with Crippen LogP contribution in [0, 0.1) is 5.82 Å². The highest BCUT2D eigenvalue weighted by molar-refractivity contribution is 5.20. The van der Waals surface area contributed by atoms with Crippen LogP contribution in [0.5, 0.6) is 0 Å². The molecule has 0 aliphatic carbocycles. The highest BCUT2D eigenvalue weighted by Crippen LogP contribution is 2.21. The number of ether oxygens (including phenoxy) is 2. The first-order chi connectivity index (χ1) is 12.3. The molecule has 0 amide bonds. The second kappa shape index (κ2) is 9.63. The van der Waals surface area contributed by atoms with Gasteiger partial charge in [0, 0.05) is 18.6 Å². The number of hydroxylamine groups is 1. The standard InChI is InChI=1S/C20H24FNO3/c21-19-9-5-4-8-18(19)20-11-12-24-17(10-13-25-22-20)15-23-14-16-6-2-1-3-7-16/h1-9,17,20,22H,10-15H2/t17-,20+/m0/s1. The van der Waals surface area contributed by atoms with Gasteiger partial charge in [0.25, 0.3) is 0 Å². The van der Waals surface area contributed by atoms with E-state index in [0.29, 0.717) is 38.4 Å².